The maximum atomic E-state index is 2.55. The average Bonchev–Trinajstić information content (AvgIpc) is 3.74. The van der Waals surface area contributed by atoms with Gasteiger partial charge in [-0.2, -0.15) is 0 Å². The zero-order chi connectivity index (χ0) is 45.9. The molecule has 1 aliphatic carbocycles. The van der Waals surface area contributed by atoms with Crippen LogP contribution in [0.3, 0.4) is 0 Å². The summed E-state index contributed by atoms with van der Waals surface area (Å²) in [5.74, 6) is 0. The Morgan fingerprint density at radius 2 is 0.657 bits per heavy atom. The molecule has 0 unspecified atom stereocenters. The van der Waals surface area contributed by atoms with Crippen LogP contribution in [-0.4, -0.2) is 0 Å². The van der Waals surface area contributed by atoms with Crippen LogP contribution in [0, 0.1) is 0 Å². The fraction of sp³-hybridized carbons (Fsp3) is 0. The minimum atomic E-state index is 1.20. The number of fused-ring (bicyclic) bond motifs is 6. The topological polar surface area (TPSA) is 0 Å². The Morgan fingerprint density at radius 3 is 1.36 bits per heavy atom. The van der Waals surface area contributed by atoms with Gasteiger partial charge >= 0.3 is 0 Å². The molecule has 0 fully saturated rings. The third-order valence-electron chi connectivity index (χ3n) is 15.3. The Morgan fingerprint density at radius 1 is 0.157 bits per heavy atom. The zero-order valence-electron chi connectivity index (χ0n) is 38.2. The molecule has 0 spiro atoms. The van der Waals surface area contributed by atoms with Crippen LogP contribution in [0.15, 0.2) is 255 Å². The van der Waals surface area contributed by atoms with E-state index in [1.54, 1.807) is 0 Å². The Hall–Kier alpha value is -9.10. The standard InChI is InChI=1S/C70H42/c1-5-17-43(18-6-1)53-26-15-16-27-54(53)49-33-36-58-61(39-49)67(47-24-11-4-12-25-47)64-42-60-59(41-63(64)66(58)46-22-9-3-10-23-46)57-35-32-48-29-30-50-37-51(38-52-40-62(60)70(57)69(48)65(50)52)68-55-28-14-13-21-45(55)31-34-56(68)44-19-7-2-8-20-44/h1-42H. The fourth-order valence-corrected chi connectivity index (χ4v) is 12.3. The molecular formula is C70H42. The molecule has 14 aromatic rings. The van der Waals surface area contributed by atoms with Gasteiger partial charge in [0.25, 0.3) is 0 Å². The van der Waals surface area contributed by atoms with E-state index in [0.29, 0.717) is 0 Å². The highest BCUT2D eigenvalue weighted by molar-refractivity contribution is 6.34. The van der Waals surface area contributed by atoms with Crippen molar-refractivity contribution in [1.82, 2.24) is 0 Å². The number of rotatable bonds is 6. The number of hydrogen-bond donors (Lipinski definition) is 0. The van der Waals surface area contributed by atoms with Crippen LogP contribution in [0.1, 0.15) is 0 Å². The molecule has 0 heterocycles. The second-order valence-electron chi connectivity index (χ2n) is 19.0. The lowest BCUT2D eigenvalue weighted by Crippen LogP contribution is -1.93. The Balaban J connectivity index is 1.04. The molecule has 1 aliphatic rings. The lowest BCUT2D eigenvalue weighted by Gasteiger charge is -2.20. The van der Waals surface area contributed by atoms with Gasteiger partial charge in [0, 0.05) is 0 Å². The van der Waals surface area contributed by atoms with E-state index in [1.165, 1.54) is 154 Å². The Kier molecular flexibility index (Phi) is 8.46. The van der Waals surface area contributed by atoms with Gasteiger partial charge in [0.05, 0.1) is 0 Å². The van der Waals surface area contributed by atoms with E-state index in [0.717, 1.165) is 0 Å². The van der Waals surface area contributed by atoms with Crippen LogP contribution in [0.4, 0.5) is 0 Å². The van der Waals surface area contributed by atoms with Crippen LogP contribution < -0.4 is 0 Å². The summed E-state index contributed by atoms with van der Waals surface area (Å²) in [4.78, 5) is 0. The summed E-state index contributed by atoms with van der Waals surface area (Å²) >= 11 is 0. The van der Waals surface area contributed by atoms with Crippen molar-refractivity contribution in [3.8, 4) is 89.0 Å². The van der Waals surface area contributed by atoms with Gasteiger partial charge in [0.1, 0.15) is 0 Å². The van der Waals surface area contributed by atoms with Crippen LogP contribution in [0.5, 0.6) is 0 Å². The van der Waals surface area contributed by atoms with E-state index in [1.807, 2.05) is 0 Å². The first-order valence-corrected chi connectivity index (χ1v) is 24.4. The van der Waals surface area contributed by atoms with Crippen LogP contribution in [0.2, 0.25) is 0 Å². The molecule has 0 heteroatoms. The van der Waals surface area contributed by atoms with E-state index in [-0.39, 0.29) is 0 Å². The highest BCUT2D eigenvalue weighted by Gasteiger charge is 2.28. The quantitative estimate of drug-likeness (QED) is 0.115. The van der Waals surface area contributed by atoms with Crippen molar-refractivity contribution in [2.45, 2.75) is 0 Å². The van der Waals surface area contributed by atoms with Gasteiger partial charge in [-0.1, -0.05) is 218 Å². The van der Waals surface area contributed by atoms with Crippen molar-refractivity contribution in [1.29, 1.82) is 0 Å². The molecule has 15 rings (SSSR count). The van der Waals surface area contributed by atoms with E-state index in [9.17, 15) is 0 Å². The van der Waals surface area contributed by atoms with Crippen molar-refractivity contribution in [3.05, 3.63) is 255 Å². The van der Waals surface area contributed by atoms with Crippen LogP contribution in [-0.2, 0) is 0 Å². The summed E-state index contributed by atoms with van der Waals surface area (Å²) in [6.45, 7) is 0. The molecule has 0 aromatic heterocycles. The molecule has 0 atom stereocenters. The SMILES string of the molecule is c1ccc(-c2ccccc2-c2ccc3c(-c4ccccc4)c4cc5c(cc4c(-c4ccccc4)c3c2)-c2cc3cc(-c4c(-c6ccccc6)ccc6ccccc46)cc4ccc6ccc-5c2c6c43)cc1. The molecule has 70 heavy (non-hydrogen) atoms. The summed E-state index contributed by atoms with van der Waals surface area (Å²) in [5.41, 5.74) is 20.0. The molecule has 0 saturated heterocycles. The molecule has 0 radical (unpaired) electrons. The van der Waals surface area contributed by atoms with Gasteiger partial charge in [-0.3, -0.25) is 0 Å². The van der Waals surface area contributed by atoms with Crippen molar-refractivity contribution in [3.63, 3.8) is 0 Å². The Bertz CT molecular complexity index is 4410. The molecule has 0 amide bonds. The van der Waals surface area contributed by atoms with Gasteiger partial charge in [0.2, 0.25) is 0 Å². The largest absolute Gasteiger partial charge is 0.0622 e. The first-order valence-electron chi connectivity index (χ1n) is 24.4. The number of benzene rings is 14. The smallest absolute Gasteiger partial charge is 0.00137 e. The Labute approximate surface area is 406 Å². The maximum Gasteiger partial charge on any atom is -0.00137 e. The van der Waals surface area contributed by atoms with Crippen molar-refractivity contribution in [2.75, 3.05) is 0 Å². The van der Waals surface area contributed by atoms with Gasteiger partial charge in [-0.25, -0.2) is 0 Å². The van der Waals surface area contributed by atoms with Crippen molar-refractivity contribution in [2.24, 2.45) is 0 Å². The molecule has 0 N–H and O–H groups in total. The molecule has 0 bridgehead atoms. The van der Waals surface area contributed by atoms with Gasteiger partial charge < -0.3 is 0 Å². The monoisotopic (exact) mass is 882 g/mol. The van der Waals surface area contributed by atoms with Crippen molar-refractivity contribution < 1.29 is 0 Å². The van der Waals surface area contributed by atoms with Crippen LogP contribution >= 0.6 is 0 Å². The minimum absolute atomic E-state index is 1.20. The van der Waals surface area contributed by atoms with Crippen LogP contribution in [0.25, 0.3) is 154 Å². The zero-order valence-corrected chi connectivity index (χ0v) is 38.2. The summed E-state index contributed by atoms with van der Waals surface area (Å²) in [7, 11) is 0. The van der Waals surface area contributed by atoms with E-state index < -0.39 is 0 Å². The van der Waals surface area contributed by atoms with E-state index in [2.05, 4.69) is 255 Å². The number of hydrogen-bond acceptors (Lipinski definition) is 0. The first kappa shape index (κ1) is 38.9. The first-order chi connectivity index (χ1) is 34.7. The summed E-state index contributed by atoms with van der Waals surface area (Å²) in [6.07, 6.45) is 0. The highest BCUT2D eigenvalue weighted by atomic mass is 14.3. The summed E-state index contributed by atoms with van der Waals surface area (Å²) in [6, 6.07) is 95.2. The molecule has 0 nitrogen and oxygen atoms in total. The maximum absolute atomic E-state index is 2.55. The second kappa shape index (κ2) is 15.2. The molecule has 322 valence electrons. The van der Waals surface area contributed by atoms with E-state index in [4.69, 9.17) is 0 Å². The summed E-state index contributed by atoms with van der Waals surface area (Å²) in [5, 5.41) is 15.4. The predicted molar refractivity (Wildman–Crippen MR) is 300 cm³/mol. The molecule has 14 aromatic carbocycles. The lowest BCUT2D eigenvalue weighted by atomic mass is 9.82. The average molecular weight is 883 g/mol. The minimum Gasteiger partial charge on any atom is -0.0622 e. The lowest BCUT2D eigenvalue weighted by molar-refractivity contribution is 1.59. The second-order valence-corrected chi connectivity index (χ2v) is 19.0. The van der Waals surface area contributed by atoms with Gasteiger partial charge in [-0.15, -0.1) is 0 Å². The normalized spacial score (nSPS) is 12.0. The molecule has 0 aliphatic heterocycles. The van der Waals surface area contributed by atoms with Gasteiger partial charge in [-0.05, 0) is 190 Å². The third-order valence-corrected chi connectivity index (χ3v) is 15.3. The van der Waals surface area contributed by atoms with Crippen molar-refractivity contribution >= 4 is 64.6 Å². The molecular weight excluding hydrogens is 841 g/mol. The third kappa shape index (κ3) is 5.78. The van der Waals surface area contributed by atoms with E-state index >= 15 is 0 Å². The highest BCUT2D eigenvalue weighted by Crippen LogP contribution is 2.56. The summed E-state index contributed by atoms with van der Waals surface area (Å²) < 4.78 is 0. The predicted octanol–water partition coefficient (Wildman–Crippen LogP) is 19.7. The van der Waals surface area contributed by atoms with Gasteiger partial charge in [0.15, 0.2) is 0 Å². The fourth-order valence-electron chi connectivity index (χ4n) is 12.3. The molecule has 0 saturated carbocycles.